The summed E-state index contributed by atoms with van der Waals surface area (Å²) in [5.41, 5.74) is -0.0232. The summed E-state index contributed by atoms with van der Waals surface area (Å²) in [4.78, 5) is 0. The molecule has 0 radical (unpaired) electrons. The summed E-state index contributed by atoms with van der Waals surface area (Å²) in [6, 6.07) is 7.83. The second-order valence-electron chi connectivity index (χ2n) is 3.80. The molecule has 0 aliphatic carbocycles. The van der Waals surface area contributed by atoms with Gasteiger partial charge in [0.05, 0.1) is 7.11 Å². The molecule has 18 heavy (non-hydrogen) atoms. The first-order chi connectivity index (χ1) is 8.63. The maximum absolute atomic E-state index is 13.7. The number of benzene rings is 2. The Balaban J connectivity index is 2.46. The molecule has 94 valence electrons. The van der Waals surface area contributed by atoms with Gasteiger partial charge in [-0.2, -0.15) is 0 Å². The number of ether oxygens (including phenoxy) is 1. The van der Waals surface area contributed by atoms with Crippen LogP contribution in [-0.2, 0) is 6.42 Å². The molecule has 2 aromatic rings. The number of halogens is 3. The minimum Gasteiger partial charge on any atom is -0.496 e. The van der Waals surface area contributed by atoms with E-state index >= 15 is 0 Å². The first kappa shape index (κ1) is 12.5. The number of methoxy groups -OCH3 is 1. The van der Waals surface area contributed by atoms with E-state index in [1.54, 1.807) is 6.07 Å². The summed E-state index contributed by atoms with van der Waals surface area (Å²) in [5.74, 6) is -1.66. The molecule has 0 N–H and O–H groups in total. The Morgan fingerprint density at radius 3 is 1.89 bits per heavy atom. The molecule has 2 rings (SSSR count). The Morgan fingerprint density at radius 1 is 0.833 bits per heavy atom. The van der Waals surface area contributed by atoms with Gasteiger partial charge in [0.15, 0.2) is 0 Å². The van der Waals surface area contributed by atoms with Crippen LogP contribution < -0.4 is 4.74 Å². The second kappa shape index (κ2) is 5.12. The van der Waals surface area contributed by atoms with E-state index in [0.717, 1.165) is 12.1 Å². The molecule has 0 saturated carbocycles. The van der Waals surface area contributed by atoms with Crippen molar-refractivity contribution in [3.63, 3.8) is 0 Å². The van der Waals surface area contributed by atoms with E-state index in [1.807, 2.05) is 0 Å². The summed E-state index contributed by atoms with van der Waals surface area (Å²) in [5, 5.41) is 0. The topological polar surface area (TPSA) is 9.23 Å². The van der Waals surface area contributed by atoms with Crippen LogP contribution in [0.2, 0.25) is 0 Å². The largest absolute Gasteiger partial charge is 0.496 e. The van der Waals surface area contributed by atoms with Crippen molar-refractivity contribution in [1.82, 2.24) is 0 Å². The van der Waals surface area contributed by atoms with Gasteiger partial charge in [0.25, 0.3) is 0 Å². The van der Waals surface area contributed by atoms with Gasteiger partial charge in [-0.15, -0.1) is 0 Å². The molecule has 2 aromatic carbocycles. The molecule has 1 nitrogen and oxygen atoms in total. The fraction of sp³-hybridized carbons (Fsp3) is 0.143. The first-order valence-electron chi connectivity index (χ1n) is 5.37. The maximum Gasteiger partial charge on any atom is 0.130 e. The fourth-order valence-electron chi connectivity index (χ4n) is 1.78. The Morgan fingerprint density at radius 2 is 1.33 bits per heavy atom. The molecule has 0 unspecified atom stereocenters. The Kier molecular flexibility index (Phi) is 3.55. The van der Waals surface area contributed by atoms with Gasteiger partial charge < -0.3 is 4.74 Å². The van der Waals surface area contributed by atoms with Crippen molar-refractivity contribution < 1.29 is 17.9 Å². The third-order valence-corrected chi connectivity index (χ3v) is 2.71. The summed E-state index contributed by atoms with van der Waals surface area (Å²) in [7, 11) is 1.38. The smallest absolute Gasteiger partial charge is 0.130 e. The highest BCUT2D eigenvalue weighted by Crippen LogP contribution is 2.26. The monoisotopic (exact) mass is 252 g/mol. The van der Waals surface area contributed by atoms with E-state index in [0.29, 0.717) is 0 Å². The van der Waals surface area contributed by atoms with Gasteiger partial charge in [-0.25, -0.2) is 13.2 Å². The lowest BCUT2D eigenvalue weighted by Crippen LogP contribution is -2.01. The molecular formula is C14H11F3O. The fourth-order valence-corrected chi connectivity index (χ4v) is 1.78. The van der Waals surface area contributed by atoms with E-state index in [9.17, 15) is 13.2 Å². The van der Waals surface area contributed by atoms with E-state index in [-0.39, 0.29) is 23.3 Å². The van der Waals surface area contributed by atoms with Gasteiger partial charge >= 0.3 is 0 Å². The minimum atomic E-state index is -0.694. The third kappa shape index (κ3) is 2.32. The highest BCUT2D eigenvalue weighted by Gasteiger charge is 2.15. The molecular weight excluding hydrogens is 241 g/mol. The molecule has 0 bridgehead atoms. The van der Waals surface area contributed by atoms with Crippen LogP contribution in [0.5, 0.6) is 5.75 Å². The normalized spacial score (nSPS) is 10.4. The predicted octanol–water partition coefficient (Wildman–Crippen LogP) is 3.70. The van der Waals surface area contributed by atoms with Crippen molar-refractivity contribution in [3.05, 3.63) is 65.0 Å². The SMILES string of the molecule is COc1cccc(F)c1Cc1c(F)cccc1F. The van der Waals surface area contributed by atoms with Crippen LogP contribution in [0.1, 0.15) is 11.1 Å². The molecule has 0 fully saturated rings. The van der Waals surface area contributed by atoms with Crippen LogP contribution in [-0.4, -0.2) is 7.11 Å². The van der Waals surface area contributed by atoms with Crippen LogP contribution in [0.4, 0.5) is 13.2 Å². The molecule has 0 aliphatic rings. The number of hydrogen-bond donors (Lipinski definition) is 0. The molecule has 0 aliphatic heterocycles. The van der Waals surface area contributed by atoms with Crippen LogP contribution in [0.15, 0.2) is 36.4 Å². The molecule has 0 saturated heterocycles. The molecule has 0 amide bonds. The zero-order valence-electron chi connectivity index (χ0n) is 9.71. The average molecular weight is 252 g/mol. The average Bonchev–Trinajstić information content (AvgIpc) is 2.35. The lowest BCUT2D eigenvalue weighted by molar-refractivity contribution is 0.405. The summed E-state index contributed by atoms with van der Waals surface area (Å²) < 4.78 is 45.7. The number of rotatable bonds is 3. The van der Waals surface area contributed by atoms with E-state index in [4.69, 9.17) is 4.74 Å². The molecule has 0 spiro atoms. The van der Waals surface area contributed by atoms with Crippen molar-refractivity contribution in [1.29, 1.82) is 0 Å². The van der Waals surface area contributed by atoms with E-state index in [2.05, 4.69) is 0 Å². The van der Waals surface area contributed by atoms with Crippen molar-refractivity contribution >= 4 is 0 Å². The van der Waals surface area contributed by atoms with Crippen LogP contribution in [0, 0.1) is 17.5 Å². The summed E-state index contributed by atoms with van der Waals surface area (Å²) in [6.45, 7) is 0. The third-order valence-electron chi connectivity index (χ3n) is 2.71. The summed E-state index contributed by atoms with van der Waals surface area (Å²) >= 11 is 0. The first-order valence-corrected chi connectivity index (χ1v) is 5.37. The van der Waals surface area contributed by atoms with Crippen molar-refractivity contribution in [2.24, 2.45) is 0 Å². The van der Waals surface area contributed by atoms with Crippen molar-refractivity contribution in [2.45, 2.75) is 6.42 Å². The lowest BCUT2D eigenvalue weighted by Gasteiger charge is -2.10. The molecule has 0 heterocycles. The van der Waals surface area contributed by atoms with E-state index in [1.165, 1.54) is 25.3 Å². The van der Waals surface area contributed by atoms with Gasteiger partial charge in [0.2, 0.25) is 0 Å². The molecule has 0 aromatic heterocycles. The van der Waals surface area contributed by atoms with E-state index < -0.39 is 17.5 Å². The Labute approximate surface area is 103 Å². The molecule has 0 atom stereocenters. The maximum atomic E-state index is 13.7. The standard InChI is InChI=1S/C14H11F3O/c1-18-14-7-3-6-13(17)10(14)8-9-11(15)4-2-5-12(9)16/h2-7H,8H2,1H3. The second-order valence-corrected chi connectivity index (χ2v) is 3.80. The van der Waals surface area contributed by atoms with Crippen molar-refractivity contribution in [3.8, 4) is 5.75 Å². The van der Waals surface area contributed by atoms with Crippen LogP contribution >= 0.6 is 0 Å². The molecule has 4 heteroatoms. The van der Waals surface area contributed by atoms with Gasteiger partial charge in [-0.05, 0) is 24.3 Å². The Hall–Kier alpha value is -1.97. The zero-order chi connectivity index (χ0) is 13.1. The van der Waals surface area contributed by atoms with Crippen LogP contribution in [0.25, 0.3) is 0 Å². The Bertz CT molecular complexity index is 547. The zero-order valence-corrected chi connectivity index (χ0v) is 9.71. The highest BCUT2D eigenvalue weighted by atomic mass is 19.1. The quantitative estimate of drug-likeness (QED) is 0.809. The minimum absolute atomic E-state index is 0.143. The summed E-state index contributed by atoms with van der Waals surface area (Å²) in [6.07, 6.45) is -0.186. The highest BCUT2D eigenvalue weighted by molar-refractivity contribution is 5.39. The van der Waals surface area contributed by atoms with Gasteiger partial charge in [0, 0.05) is 17.5 Å². The predicted molar refractivity (Wildman–Crippen MR) is 62.1 cm³/mol. The van der Waals surface area contributed by atoms with Crippen LogP contribution in [0.3, 0.4) is 0 Å². The van der Waals surface area contributed by atoms with Gasteiger partial charge in [-0.3, -0.25) is 0 Å². The van der Waals surface area contributed by atoms with Gasteiger partial charge in [-0.1, -0.05) is 12.1 Å². The number of hydrogen-bond acceptors (Lipinski definition) is 1. The van der Waals surface area contributed by atoms with Crippen molar-refractivity contribution in [2.75, 3.05) is 7.11 Å². The van der Waals surface area contributed by atoms with Gasteiger partial charge in [0.1, 0.15) is 23.2 Å². The lowest BCUT2D eigenvalue weighted by atomic mass is 10.0.